The van der Waals surface area contributed by atoms with Crippen LogP contribution in [0.3, 0.4) is 0 Å². The molecule has 5 aliphatic carbocycles. The van der Waals surface area contributed by atoms with Crippen molar-refractivity contribution in [2.45, 2.75) is 77.7 Å². The molecule has 4 saturated carbocycles. The first-order chi connectivity index (χ1) is 12.5. The lowest BCUT2D eigenvalue weighted by Gasteiger charge is -2.61. The number of fused-ring (bicyclic) bond motifs is 4. The van der Waals surface area contributed by atoms with E-state index in [9.17, 15) is 4.79 Å². The maximum Gasteiger partial charge on any atom is 0.302 e. The number of esters is 1. The molecule has 0 N–H and O–H groups in total. The van der Waals surface area contributed by atoms with Crippen LogP contribution in [0.4, 0.5) is 0 Å². The molecule has 0 aromatic carbocycles. The fraction of sp³-hybridized carbons (Fsp3) is 0.792. The van der Waals surface area contributed by atoms with Crippen molar-refractivity contribution in [3.8, 4) is 0 Å². The largest absolute Gasteiger partial charge is 0.463 e. The number of rotatable bonds is 1. The van der Waals surface area contributed by atoms with Gasteiger partial charge in [-0.3, -0.25) is 4.79 Å². The molecule has 0 aliphatic heterocycles. The number of carbonyl (C=O) groups is 1. The summed E-state index contributed by atoms with van der Waals surface area (Å²) in [6.45, 7) is 4.16. The summed E-state index contributed by atoms with van der Waals surface area (Å²) in [5, 5.41) is 0. The first-order valence-corrected chi connectivity index (χ1v) is 11.1. The molecule has 0 amide bonds. The minimum Gasteiger partial charge on any atom is -0.463 e. The molecule has 26 heavy (non-hydrogen) atoms. The molecule has 0 bridgehead atoms. The fourth-order valence-corrected chi connectivity index (χ4v) is 8.37. The highest BCUT2D eigenvalue weighted by molar-refractivity contribution is 5.66. The van der Waals surface area contributed by atoms with Gasteiger partial charge in [-0.25, -0.2) is 0 Å². The van der Waals surface area contributed by atoms with E-state index in [1.54, 1.807) is 6.92 Å². The van der Waals surface area contributed by atoms with Crippen molar-refractivity contribution in [3.05, 3.63) is 24.3 Å². The van der Waals surface area contributed by atoms with Crippen LogP contribution in [-0.2, 0) is 9.53 Å². The van der Waals surface area contributed by atoms with E-state index < -0.39 is 0 Å². The predicted octanol–water partition coefficient (Wildman–Crippen LogP) is 5.68. The second kappa shape index (κ2) is 5.97. The van der Waals surface area contributed by atoms with Gasteiger partial charge < -0.3 is 4.74 Å². The van der Waals surface area contributed by atoms with Crippen molar-refractivity contribution >= 4 is 5.97 Å². The van der Waals surface area contributed by atoms with Crippen molar-refractivity contribution < 1.29 is 9.53 Å². The van der Waals surface area contributed by atoms with Crippen molar-refractivity contribution in [1.82, 2.24) is 0 Å². The van der Waals surface area contributed by atoms with Crippen molar-refractivity contribution in [3.63, 3.8) is 0 Å². The van der Waals surface area contributed by atoms with Crippen LogP contribution in [0.15, 0.2) is 24.3 Å². The molecule has 0 heterocycles. The molecule has 5 aliphatic rings. The first-order valence-electron chi connectivity index (χ1n) is 11.1. The molecule has 0 aromatic rings. The summed E-state index contributed by atoms with van der Waals surface area (Å²) in [7, 11) is 0. The fourth-order valence-electron chi connectivity index (χ4n) is 8.37. The predicted molar refractivity (Wildman–Crippen MR) is 103 cm³/mol. The molecule has 0 radical (unpaired) electrons. The van der Waals surface area contributed by atoms with Crippen LogP contribution in [0.1, 0.15) is 71.6 Å². The van der Waals surface area contributed by atoms with Gasteiger partial charge in [-0.15, -0.1) is 0 Å². The van der Waals surface area contributed by atoms with Crippen molar-refractivity contribution in [1.29, 1.82) is 0 Å². The summed E-state index contributed by atoms with van der Waals surface area (Å²) in [4.78, 5) is 11.4. The Morgan fingerprint density at radius 2 is 1.88 bits per heavy atom. The zero-order chi connectivity index (χ0) is 17.9. The summed E-state index contributed by atoms with van der Waals surface area (Å²) in [5.41, 5.74) is 0.974. The van der Waals surface area contributed by atoms with Crippen LogP contribution in [0.5, 0.6) is 0 Å². The third-order valence-electron chi connectivity index (χ3n) is 9.47. The van der Waals surface area contributed by atoms with Crippen LogP contribution in [0.25, 0.3) is 0 Å². The molecule has 0 aromatic heterocycles. The second-order valence-corrected chi connectivity index (χ2v) is 10.2. The molecular weight excluding hydrogens is 320 g/mol. The normalized spacial score (nSPS) is 51.8. The molecule has 8 atom stereocenters. The number of ether oxygens (including phenoxy) is 1. The van der Waals surface area contributed by atoms with Gasteiger partial charge >= 0.3 is 5.97 Å². The molecule has 2 heteroatoms. The highest BCUT2D eigenvalue weighted by Gasteiger charge is 2.60. The average molecular weight is 355 g/mol. The Morgan fingerprint density at radius 3 is 2.73 bits per heavy atom. The minimum atomic E-state index is -0.0963. The van der Waals surface area contributed by atoms with Gasteiger partial charge in [-0.2, -0.15) is 0 Å². The Balaban J connectivity index is 1.38. The number of hydrogen-bond donors (Lipinski definition) is 0. The highest BCUT2D eigenvalue weighted by atomic mass is 16.5. The maximum absolute atomic E-state index is 11.4. The quantitative estimate of drug-likeness (QED) is 0.566. The summed E-state index contributed by atoms with van der Waals surface area (Å²) in [5.74, 6) is 4.21. The molecule has 5 rings (SSSR count). The molecule has 1 unspecified atom stereocenters. The Labute approximate surface area is 158 Å². The average Bonchev–Trinajstić information content (AvgIpc) is 3.01. The first kappa shape index (κ1) is 17.1. The number of allylic oxidation sites excluding steroid dienone is 4. The topological polar surface area (TPSA) is 26.3 Å². The van der Waals surface area contributed by atoms with E-state index >= 15 is 0 Å². The van der Waals surface area contributed by atoms with E-state index in [1.165, 1.54) is 44.9 Å². The van der Waals surface area contributed by atoms with Crippen molar-refractivity contribution in [2.75, 3.05) is 0 Å². The van der Waals surface area contributed by atoms with E-state index in [0.717, 1.165) is 42.4 Å². The van der Waals surface area contributed by atoms with Gasteiger partial charge in [-0.05, 0) is 98.2 Å². The van der Waals surface area contributed by atoms with Gasteiger partial charge in [0, 0.05) is 6.92 Å². The monoisotopic (exact) mass is 354 g/mol. The Hall–Kier alpha value is -1.05. The molecule has 4 fully saturated rings. The lowest BCUT2D eigenvalue weighted by atomic mass is 9.44. The van der Waals surface area contributed by atoms with E-state index in [-0.39, 0.29) is 12.1 Å². The van der Waals surface area contributed by atoms with Gasteiger partial charge in [0.2, 0.25) is 0 Å². The van der Waals surface area contributed by atoms with Crippen LogP contribution in [-0.4, -0.2) is 12.1 Å². The molecule has 2 nitrogen and oxygen atoms in total. The molecule has 0 saturated heterocycles. The number of hydrogen-bond acceptors (Lipinski definition) is 2. The van der Waals surface area contributed by atoms with Crippen molar-refractivity contribution in [2.24, 2.45) is 40.4 Å². The summed E-state index contributed by atoms with van der Waals surface area (Å²) >= 11 is 0. The Bertz CT molecular complexity index is 649. The third-order valence-corrected chi connectivity index (χ3v) is 9.47. The van der Waals surface area contributed by atoms with E-state index in [0.29, 0.717) is 10.8 Å². The lowest BCUT2D eigenvalue weighted by Crippen LogP contribution is -2.54. The zero-order valence-corrected chi connectivity index (χ0v) is 16.5. The smallest absolute Gasteiger partial charge is 0.302 e. The van der Waals surface area contributed by atoms with Gasteiger partial charge in [0.15, 0.2) is 0 Å². The van der Waals surface area contributed by atoms with E-state index in [2.05, 4.69) is 31.2 Å². The second-order valence-electron chi connectivity index (χ2n) is 10.2. The molecule has 142 valence electrons. The minimum absolute atomic E-state index is 0.0963. The third kappa shape index (κ3) is 2.33. The van der Waals surface area contributed by atoms with Crippen LogP contribution in [0.2, 0.25) is 0 Å². The van der Waals surface area contributed by atoms with Gasteiger partial charge in [0.25, 0.3) is 0 Å². The van der Waals surface area contributed by atoms with E-state index in [1.807, 2.05) is 0 Å². The number of carbonyl (C=O) groups excluding carboxylic acids is 1. The summed E-state index contributed by atoms with van der Waals surface area (Å²) in [6.07, 6.45) is 21.8. The van der Waals surface area contributed by atoms with Gasteiger partial charge in [0.05, 0.1) is 0 Å². The van der Waals surface area contributed by atoms with Crippen LogP contribution < -0.4 is 0 Å². The van der Waals surface area contributed by atoms with Gasteiger partial charge in [0.1, 0.15) is 6.10 Å². The summed E-state index contributed by atoms with van der Waals surface area (Å²) < 4.78 is 5.60. The molecular formula is C24H34O2. The zero-order valence-electron chi connectivity index (χ0n) is 16.5. The maximum atomic E-state index is 11.4. The standard InChI is InChI=1S/C24H34O2/c1-16(25)26-19-10-13-23(2)18(15-19)6-8-20-21(23)11-14-24-12-4-3-5-17(24)7-9-22(20)24/h3-5,12,17-22H,6-11,13-15H2,1-2H3/t17-,18-,19+,20+,21-,22-,23-,24?/m0/s1. The highest BCUT2D eigenvalue weighted by Crippen LogP contribution is 2.68. The van der Waals surface area contributed by atoms with E-state index in [4.69, 9.17) is 4.74 Å². The lowest BCUT2D eigenvalue weighted by molar-refractivity contribution is -0.158. The van der Waals surface area contributed by atoms with Crippen LogP contribution >= 0.6 is 0 Å². The Morgan fingerprint density at radius 1 is 1.00 bits per heavy atom. The van der Waals surface area contributed by atoms with Gasteiger partial charge in [-0.1, -0.05) is 31.2 Å². The molecule has 1 spiro atoms. The Kier molecular flexibility index (Phi) is 3.92. The van der Waals surface area contributed by atoms with Crippen LogP contribution in [0, 0.1) is 40.4 Å². The summed E-state index contributed by atoms with van der Waals surface area (Å²) in [6, 6.07) is 0. The SMILES string of the molecule is CC(=O)O[C@@H]1CC[C@@]2(C)[C@@H](CC[C@H]3[C@@H]4CC[C@@H]5C=CC=CC54CC[C@@H]32)C1.